The summed E-state index contributed by atoms with van der Waals surface area (Å²) in [5, 5.41) is 0. The average Bonchev–Trinajstić information content (AvgIpc) is 2.29. The van der Waals surface area contributed by atoms with Gasteiger partial charge in [-0.2, -0.15) is 0 Å². The Kier molecular flexibility index (Phi) is 4.48. The van der Waals surface area contributed by atoms with Gasteiger partial charge in [-0.25, -0.2) is 0 Å². The molecule has 2 rings (SSSR count). The lowest BCUT2D eigenvalue weighted by Gasteiger charge is -2.40. The van der Waals surface area contributed by atoms with Crippen LogP contribution in [0.4, 0.5) is 0 Å². The third kappa shape index (κ3) is 4.26. The summed E-state index contributed by atoms with van der Waals surface area (Å²) in [5.74, 6) is 0.979. The Morgan fingerprint density at radius 3 is 2.12 bits per heavy atom. The lowest BCUT2D eigenvalue weighted by molar-refractivity contribution is 0.00340. The van der Waals surface area contributed by atoms with Gasteiger partial charge in [-0.3, -0.25) is 4.90 Å². The second kappa shape index (κ2) is 5.71. The summed E-state index contributed by atoms with van der Waals surface area (Å²) in [6, 6.07) is 0.857. The molecule has 1 heterocycles. The highest BCUT2D eigenvalue weighted by Crippen LogP contribution is 2.35. The third-order valence-electron chi connectivity index (χ3n) is 4.28. The summed E-state index contributed by atoms with van der Waals surface area (Å²) in [7, 11) is 0. The minimum Gasteiger partial charge on any atom is -0.379 e. The van der Waals surface area contributed by atoms with Crippen LogP contribution in [0.25, 0.3) is 0 Å². The average molecular weight is 239 g/mol. The Labute approximate surface area is 107 Å². The number of hydrogen-bond donors (Lipinski definition) is 0. The molecule has 0 spiro atoms. The van der Waals surface area contributed by atoms with E-state index in [1.807, 2.05) is 0 Å². The van der Waals surface area contributed by atoms with E-state index in [1.165, 1.54) is 32.1 Å². The van der Waals surface area contributed by atoms with Gasteiger partial charge in [-0.05, 0) is 43.4 Å². The van der Waals surface area contributed by atoms with E-state index in [0.29, 0.717) is 5.41 Å². The molecule has 2 nitrogen and oxygen atoms in total. The van der Waals surface area contributed by atoms with Gasteiger partial charge in [0.1, 0.15) is 0 Å². The van der Waals surface area contributed by atoms with Crippen molar-refractivity contribution in [1.29, 1.82) is 0 Å². The molecule has 0 N–H and O–H groups in total. The zero-order chi connectivity index (χ0) is 12.3. The predicted molar refractivity (Wildman–Crippen MR) is 72.2 cm³/mol. The summed E-state index contributed by atoms with van der Waals surface area (Å²) < 4.78 is 5.44. The Bertz CT molecular complexity index is 220. The maximum atomic E-state index is 5.44. The fourth-order valence-corrected chi connectivity index (χ4v) is 3.52. The minimum atomic E-state index is 0.510. The van der Waals surface area contributed by atoms with Crippen LogP contribution in [-0.2, 0) is 4.74 Å². The van der Waals surface area contributed by atoms with E-state index in [2.05, 4.69) is 25.7 Å². The van der Waals surface area contributed by atoms with Crippen LogP contribution in [0.1, 0.15) is 52.9 Å². The van der Waals surface area contributed by atoms with Gasteiger partial charge >= 0.3 is 0 Å². The first-order valence-corrected chi connectivity index (χ1v) is 7.36. The molecule has 0 aromatic carbocycles. The van der Waals surface area contributed by atoms with Crippen molar-refractivity contribution >= 4 is 0 Å². The Morgan fingerprint density at radius 2 is 1.59 bits per heavy atom. The van der Waals surface area contributed by atoms with Crippen molar-refractivity contribution in [1.82, 2.24) is 4.90 Å². The van der Waals surface area contributed by atoms with Crippen LogP contribution in [0.2, 0.25) is 0 Å². The summed E-state index contributed by atoms with van der Waals surface area (Å²) in [6.45, 7) is 11.3. The molecule has 0 aromatic rings. The van der Waals surface area contributed by atoms with Crippen LogP contribution >= 0.6 is 0 Å². The molecular weight excluding hydrogens is 210 g/mol. The van der Waals surface area contributed by atoms with Crippen molar-refractivity contribution in [2.75, 3.05) is 26.3 Å². The monoisotopic (exact) mass is 239 g/mol. The van der Waals surface area contributed by atoms with Crippen molar-refractivity contribution in [3.05, 3.63) is 0 Å². The summed E-state index contributed by atoms with van der Waals surface area (Å²) >= 11 is 0. The van der Waals surface area contributed by atoms with Gasteiger partial charge in [0.2, 0.25) is 0 Å². The Hall–Kier alpha value is -0.0800. The maximum Gasteiger partial charge on any atom is 0.0594 e. The maximum absolute atomic E-state index is 5.44. The number of morpholine rings is 1. The van der Waals surface area contributed by atoms with Gasteiger partial charge in [0.05, 0.1) is 13.2 Å². The molecule has 17 heavy (non-hydrogen) atoms. The van der Waals surface area contributed by atoms with E-state index in [-0.39, 0.29) is 0 Å². The van der Waals surface area contributed by atoms with E-state index in [1.54, 1.807) is 0 Å². The van der Waals surface area contributed by atoms with Crippen molar-refractivity contribution in [2.24, 2.45) is 11.3 Å². The van der Waals surface area contributed by atoms with Crippen LogP contribution < -0.4 is 0 Å². The first-order chi connectivity index (χ1) is 8.04. The minimum absolute atomic E-state index is 0.510. The highest BCUT2D eigenvalue weighted by atomic mass is 16.5. The Balaban J connectivity index is 1.73. The van der Waals surface area contributed by atoms with E-state index >= 15 is 0 Å². The molecule has 2 aliphatic rings. The zero-order valence-electron chi connectivity index (χ0n) is 11.9. The standard InChI is InChI=1S/C15H29NO/c1-15(2,3)12-13-4-6-14(7-5-13)16-8-10-17-11-9-16/h13-14H,4-12H2,1-3H3. The van der Waals surface area contributed by atoms with E-state index in [9.17, 15) is 0 Å². The summed E-state index contributed by atoms with van der Waals surface area (Å²) in [5.41, 5.74) is 0.510. The number of rotatable bonds is 2. The second-order valence-electron chi connectivity index (χ2n) is 7.09. The molecule has 1 saturated heterocycles. The summed E-state index contributed by atoms with van der Waals surface area (Å²) in [4.78, 5) is 2.66. The second-order valence-corrected chi connectivity index (χ2v) is 7.09. The van der Waals surface area contributed by atoms with Crippen molar-refractivity contribution in [3.8, 4) is 0 Å². The molecule has 0 bridgehead atoms. The normalized spacial score (nSPS) is 32.6. The molecule has 2 fully saturated rings. The fraction of sp³-hybridized carbons (Fsp3) is 1.00. The van der Waals surface area contributed by atoms with Crippen LogP contribution in [0, 0.1) is 11.3 Å². The molecule has 2 heteroatoms. The van der Waals surface area contributed by atoms with Gasteiger partial charge in [0.15, 0.2) is 0 Å². The number of ether oxygens (including phenoxy) is 1. The van der Waals surface area contributed by atoms with E-state index < -0.39 is 0 Å². The van der Waals surface area contributed by atoms with Crippen LogP contribution in [-0.4, -0.2) is 37.2 Å². The van der Waals surface area contributed by atoms with Gasteiger partial charge in [0, 0.05) is 19.1 Å². The predicted octanol–water partition coefficient (Wildman–Crippen LogP) is 3.31. The van der Waals surface area contributed by atoms with Crippen LogP contribution in [0.3, 0.4) is 0 Å². The van der Waals surface area contributed by atoms with E-state index in [0.717, 1.165) is 38.3 Å². The molecule has 1 saturated carbocycles. The molecule has 100 valence electrons. The topological polar surface area (TPSA) is 12.5 Å². The molecule has 0 amide bonds. The SMILES string of the molecule is CC(C)(C)CC1CCC(N2CCOCC2)CC1. The zero-order valence-corrected chi connectivity index (χ0v) is 11.9. The first kappa shape index (κ1) is 13.4. The van der Waals surface area contributed by atoms with E-state index in [4.69, 9.17) is 4.74 Å². The molecule has 0 aromatic heterocycles. The molecule has 1 aliphatic carbocycles. The number of nitrogens with zero attached hydrogens (tertiary/aromatic N) is 1. The quantitative estimate of drug-likeness (QED) is 0.733. The largest absolute Gasteiger partial charge is 0.379 e. The van der Waals surface area contributed by atoms with Gasteiger partial charge < -0.3 is 4.74 Å². The van der Waals surface area contributed by atoms with Gasteiger partial charge in [-0.15, -0.1) is 0 Å². The smallest absolute Gasteiger partial charge is 0.0594 e. The molecule has 0 atom stereocenters. The molecular formula is C15H29NO. The molecule has 0 radical (unpaired) electrons. The highest BCUT2D eigenvalue weighted by Gasteiger charge is 2.28. The Morgan fingerprint density at radius 1 is 1.00 bits per heavy atom. The third-order valence-corrected chi connectivity index (χ3v) is 4.28. The van der Waals surface area contributed by atoms with Crippen molar-refractivity contribution < 1.29 is 4.74 Å². The first-order valence-electron chi connectivity index (χ1n) is 7.36. The van der Waals surface area contributed by atoms with Gasteiger partial charge in [-0.1, -0.05) is 20.8 Å². The van der Waals surface area contributed by atoms with Crippen LogP contribution in [0.15, 0.2) is 0 Å². The lowest BCUT2D eigenvalue weighted by atomic mass is 9.76. The molecule has 1 aliphatic heterocycles. The van der Waals surface area contributed by atoms with Crippen LogP contribution in [0.5, 0.6) is 0 Å². The lowest BCUT2D eigenvalue weighted by Crippen LogP contribution is -2.45. The molecule has 0 unspecified atom stereocenters. The van der Waals surface area contributed by atoms with Crippen molar-refractivity contribution in [2.45, 2.75) is 58.9 Å². The van der Waals surface area contributed by atoms with Gasteiger partial charge in [0.25, 0.3) is 0 Å². The fourth-order valence-electron chi connectivity index (χ4n) is 3.52. The van der Waals surface area contributed by atoms with Crippen molar-refractivity contribution in [3.63, 3.8) is 0 Å². The summed E-state index contributed by atoms with van der Waals surface area (Å²) in [6.07, 6.45) is 7.13. The highest BCUT2D eigenvalue weighted by molar-refractivity contribution is 4.82. The number of hydrogen-bond acceptors (Lipinski definition) is 2.